The molecule has 2 heterocycles. The van der Waals surface area contributed by atoms with Gasteiger partial charge in [0.05, 0.1) is 0 Å². The first-order chi connectivity index (χ1) is 10.9. The van der Waals surface area contributed by atoms with Crippen molar-refractivity contribution in [2.75, 3.05) is 6.26 Å². The third kappa shape index (κ3) is 4.16. The van der Waals surface area contributed by atoms with Crippen molar-refractivity contribution in [2.45, 2.75) is 101 Å². The van der Waals surface area contributed by atoms with Crippen molar-refractivity contribution in [2.24, 2.45) is 0 Å². The number of hydrogen-bond donors (Lipinski definition) is 1. The molecule has 4 nitrogen and oxygen atoms in total. The number of piperidine rings is 1. The predicted octanol–water partition coefficient (Wildman–Crippen LogP) is 3.79. The van der Waals surface area contributed by atoms with E-state index in [2.05, 4.69) is 11.6 Å². The molecule has 1 aliphatic carbocycles. The zero-order valence-corrected chi connectivity index (χ0v) is 15.8. The van der Waals surface area contributed by atoms with E-state index in [9.17, 15) is 4.79 Å². The third-order valence-electron chi connectivity index (χ3n) is 5.53. The van der Waals surface area contributed by atoms with Gasteiger partial charge in [-0.05, 0) is 72.0 Å². The van der Waals surface area contributed by atoms with Gasteiger partial charge in [0.2, 0.25) is 0 Å². The van der Waals surface area contributed by atoms with E-state index >= 15 is 0 Å². The predicted molar refractivity (Wildman–Crippen MR) is 96.0 cm³/mol. The van der Waals surface area contributed by atoms with Gasteiger partial charge in [-0.25, -0.2) is 4.79 Å². The Morgan fingerprint density at radius 1 is 1.04 bits per heavy atom. The summed E-state index contributed by atoms with van der Waals surface area (Å²) in [6.45, 7) is 5.84. The second-order valence-electron chi connectivity index (χ2n) is 8.48. The van der Waals surface area contributed by atoms with E-state index < -0.39 is 5.60 Å². The highest BCUT2D eigenvalue weighted by atomic mass is 32.2. The van der Waals surface area contributed by atoms with Gasteiger partial charge >= 0.3 is 6.09 Å². The Morgan fingerprint density at radius 3 is 2.22 bits per heavy atom. The molecule has 0 aromatic rings. The van der Waals surface area contributed by atoms with Crippen LogP contribution < -0.4 is 5.32 Å². The maximum absolute atomic E-state index is 12.5. The minimum absolute atomic E-state index is 0.105. The molecular weight excluding hydrogens is 308 g/mol. The molecule has 0 aromatic carbocycles. The molecular formula is C18H32N2O2S. The fourth-order valence-corrected chi connectivity index (χ4v) is 5.36. The smallest absolute Gasteiger partial charge is 0.410 e. The third-order valence-corrected chi connectivity index (χ3v) is 6.62. The highest BCUT2D eigenvalue weighted by molar-refractivity contribution is 7.99. The van der Waals surface area contributed by atoms with Gasteiger partial charge in [-0.3, -0.25) is 0 Å². The van der Waals surface area contributed by atoms with Crippen LogP contribution in [0.25, 0.3) is 0 Å². The Labute approximate surface area is 145 Å². The summed E-state index contributed by atoms with van der Waals surface area (Å²) in [5.74, 6) is 0. The van der Waals surface area contributed by atoms with E-state index in [0.29, 0.717) is 24.2 Å². The van der Waals surface area contributed by atoms with Crippen LogP contribution in [0.2, 0.25) is 0 Å². The Balaban J connectivity index is 1.54. The number of carbonyl (C=O) groups is 1. The molecule has 2 bridgehead atoms. The van der Waals surface area contributed by atoms with Gasteiger partial charge in [0.1, 0.15) is 5.60 Å². The number of fused-ring (bicyclic) bond motifs is 2. The van der Waals surface area contributed by atoms with Gasteiger partial charge in [-0.1, -0.05) is 0 Å². The van der Waals surface area contributed by atoms with Crippen LogP contribution in [0.4, 0.5) is 4.79 Å². The molecule has 4 unspecified atom stereocenters. The fourth-order valence-electron chi connectivity index (χ4n) is 4.56. The summed E-state index contributed by atoms with van der Waals surface area (Å²) in [6.07, 6.45) is 10.6. The van der Waals surface area contributed by atoms with E-state index in [-0.39, 0.29) is 6.09 Å². The van der Waals surface area contributed by atoms with E-state index in [4.69, 9.17) is 4.74 Å². The molecule has 2 saturated heterocycles. The van der Waals surface area contributed by atoms with Crippen LogP contribution >= 0.6 is 11.8 Å². The number of ether oxygens (including phenoxy) is 1. The van der Waals surface area contributed by atoms with Gasteiger partial charge < -0.3 is 15.0 Å². The molecule has 4 atom stereocenters. The number of hydrogen-bond acceptors (Lipinski definition) is 4. The normalized spacial score (nSPS) is 37.2. The highest BCUT2D eigenvalue weighted by Crippen LogP contribution is 2.38. The van der Waals surface area contributed by atoms with Crippen molar-refractivity contribution in [3.63, 3.8) is 0 Å². The molecule has 1 N–H and O–H groups in total. The largest absolute Gasteiger partial charge is 0.444 e. The quantitative estimate of drug-likeness (QED) is 0.849. The average Bonchev–Trinajstić information content (AvgIpc) is 3.00. The monoisotopic (exact) mass is 340 g/mol. The van der Waals surface area contributed by atoms with Crippen molar-refractivity contribution in [3.8, 4) is 0 Å². The number of thioether (sulfide) groups is 1. The lowest BCUT2D eigenvalue weighted by Gasteiger charge is -2.40. The zero-order valence-electron chi connectivity index (χ0n) is 15.0. The van der Waals surface area contributed by atoms with Crippen LogP contribution in [0.5, 0.6) is 0 Å². The second kappa shape index (κ2) is 6.83. The van der Waals surface area contributed by atoms with E-state index in [1.165, 1.54) is 19.3 Å². The fraction of sp³-hybridized carbons (Fsp3) is 0.944. The summed E-state index contributed by atoms with van der Waals surface area (Å²) in [7, 11) is 0. The first-order valence-corrected chi connectivity index (χ1v) is 10.4. The molecule has 23 heavy (non-hydrogen) atoms. The average molecular weight is 341 g/mol. The van der Waals surface area contributed by atoms with Crippen LogP contribution in [0.3, 0.4) is 0 Å². The van der Waals surface area contributed by atoms with Crippen molar-refractivity contribution in [1.82, 2.24) is 10.2 Å². The second-order valence-corrected chi connectivity index (χ2v) is 9.61. The maximum atomic E-state index is 12.5. The topological polar surface area (TPSA) is 41.6 Å². The molecule has 3 rings (SSSR count). The molecule has 5 heteroatoms. The number of carbonyl (C=O) groups excluding carboxylic acids is 1. The molecule has 3 aliphatic rings. The van der Waals surface area contributed by atoms with Crippen LogP contribution in [0.15, 0.2) is 0 Å². The van der Waals surface area contributed by atoms with E-state index in [0.717, 1.165) is 30.9 Å². The van der Waals surface area contributed by atoms with Crippen molar-refractivity contribution >= 4 is 17.9 Å². The molecule has 3 fully saturated rings. The highest BCUT2D eigenvalue weighted by Gasteiger charge is 2.45. The molecule has 0 radical (unpaired) electrons. The van der Waals surface area contributed by atoms with Gasteiger partial charge in [0.15, 0.2) is 0 Å². The summed E-state index contributed by atoms with van der Waals surface area (Å²) in [4.78, 5) is 14.5. The van der Waals surface area contributed by atoms with Gasteiger partial charge in [0, 0.05) is 29.4 Å². The number of nitrogens with one attached hydrogen (secondary N) is 1. The molecule has 1 saturated carbocycles. The van der Waals surface area contributed by atoms with Crippen LogP contribution in [0, 0.1) is 0 Å². The first kappa shape index (κ1) is 17.4. The minimum Gasteiger partial charge on any atom is -0.444 e. The Bertz CT molecular complexity index is 423. The van der Waals surface area contributed by atoms with Gasteiger partial charge in [0.25, 0.3) is 0 Å². The summed E-state index contributed by atoms with van der Waals surface area (Å²) in [5, 5.41) is 4.74. The number of rotatable bonds is 3. The standard InChI is InChI=1S/C18H32N2O2S/c1-18(2,3)22-17(21)20-14-6-7-15(20)10-13(9-14)19-12-5-8-16(11-12)23-4/h12-16,19H,5-11H2,1-4H3. The minimum atomic E-state index is -0.400. The van der Waals surface area contributed by atoms with E-state index in [1.54, 1.807) is 0 Å². The van der Waals surface area contributed by atoms with E-state index in [1.807, 2.05) is 37.4 Å². The zero-order chi connectivity index (χ0) is 16.6. The van der Waals surface area contributed by atoms with Crippen LogP contribution in [-0.2, 0) is 4.74 Å². The first-order valence-electron chi connectivity index (χ1n) is 9.16. The molecule has 132 valence electrons. The van der Waals surface area contributed by atoms with Crippen molar-refractivity contribution < 1.29 is 9.53 Å². The van der Waals surface area contributed by atoms with Crippen molar-refractivity contribution in [3.05, 3.63) is 0 Å². The lowest BCUT2D eigenvalue weighted by atomic mass is 9.96. The van der Waals surface area contributed by atoms with Crippen LogP contribution in [0.1, 0.15) is 65.7 Å². The Hall–Kier alpha value is -0.420. The lowest BCUT2D eigenvalue weighted by molar-refractivity contribution is 0.00432. The van der Waals surface area contributed by atoms with Crippen molar-refractivity contribution in [1.29, 1.82) is 0 Å². The maximum Gasteiger partial charge on any atom is 0.410 e. The molecule has 0 spiro atoms. The van der Waals surface area contributed by atoms with Gasteiger partial charge in [-0.15, -0.1) is 0 Å². The summed E-state index contributed by atoms with van der Waals surface area (Å²) < 4.78 is 5.62. The summed E-state index contributed by atoms with van der Waals surface area (Å²) in [5.41, 5.74) is -0.400. The molecule has 2 aliphatic heterocycles. The van der Waals surface area contributed by atoms with Gasteiger partial charge in [-0.2, -0.15) is 11.8 Å². The number of amides is 1. The molecule has 1 amide bonds. The Morgan fingerprint density at radius 2 is 1.70 bits per heavy atom. The Kier molecular flexibility index (Phi) is 5.17. The summed E-state index contributed by atoms with van der Waals surface area (Å²) in [6, 6.07) is 2.01. The SMILES string of the molecule is CSC1CCC(NC2CC3CCC(C2)N3C(=O)OC(C)(C)C)C1. The number of nitrogens with zero attached hydrogens (tertiary/aromatic N) is 1. The molecule has 0 aromatic heterocycles. The summed E-state index contributed by atoms with van der Waals surface area (Å²) >= 11 is 2.01. The lowest BCUT2D eigenvalue weighted by Crippen LogP contribution is -2.53. The van der Waals surface area contributed by atoms with Crippen LogP contribution in [-0.4, -0.2) is 52.3 Å².